The first-order valence-electron chi connectivity index (χ1n) is 10.7. The van der Waals surface area contributed by atoms with Crippen LogP contribution >= 0.6 is 0 Å². The number of ether oxygens (including phenoxy) is 1. The Kier molecular flexibility index (Phi) is 6.64. The highest BCUT2D eigenvalue weighted by molar-refractivity contribution is 5.92. The van der Waals surface area contributed by atoms with E-state index < -0.39 is 0 Å². The maximum atomic E-state index is 12.3. The van der Waals surface area contributed by atoms with Crippen LogP contribution in [0.4, 0.5) is 17.2 Å². The number of aromatic nitrogens is 2. The third kappa shape index (κ3) is 5.74. The summed E-state index contributed by atoms with van der Waals surface area (Å²) in [6.07, 6.45) is 1.54. The minimum atomic E-state index is -0.211. The molecule has 0 bridgehead atoms. The minimum absolute atomic E-state index is 0.0487. The van der Waals surface area contributed by atoms with Gasteiger partial charge in [0.1, 0.15) is 17.9 Å². The largest absolute Gasteiger partial charge is 0.483 e. The lowest BCUT2D eigenvalue weighted by molar-refractivity contribution is -0.118. The Bertz CT molecular complexity index is 1260. The molecule has 1 aromatic heterocycles. The summed E-state index contributed by atoms with van der Waals surface area (Å²) >= 11 is 0. The van der Waals surface area contributed by atoms with Crippen LogP contribution in [-0.4, -0.2) is 22.5 Å². The van der Waals surface area contributed by atoms with Gasteiger partial charge in [-0.05, 0) is 67.8 Å². The maximum absolute atomic E-state index is 12.3. The summed E-state index contributed by atoms with van der Waals surface area (Å²) in [5.41, 5.74) is 6.72. The Morgan fingerprint density at radius 1 is 0.879 bits per heavy atom. The SMILES string of the molecule is Cc1cc(C)c(C)c(OCC(=O)Nc2ccc(Nc3cc(-c4ccccc4)ncn3)cc2)c1. The van der Waals surface area contributed by atoms with Crippen molar-refractivity contribution in [1.82, 2.24) is 9.97 Å². The van der Waals surface area contributed by atoms with Gasteiger partial charge in [0, 0.05) is 23.0 Å². The molecule has 4 aromatic rings. The zero-order valence-corrected chi connectivity index (χ0v) is 18.9. The maximum Gasteiger partial charge on any atom is 0.262 e. The summed E-state index contributed by atoms with van der Waals surface area (Å²) in [5.74, 6) is 1.22. The molecule has 0 saturated heterocycles. The highest BCUT2D eigenvalue weighted by Gasteiger charge is 2.08. The number of rotatable bonds is 7. The number of amides is 1. The molecule has 0 spiro atoms. The van der Waals surface area contributed by atoms with Crippen LogP contribution < -0.4 is 15.4 Å². The smallest absolute Gasteiger partial charge is 0.262 e. The summed E-state index contributed by atoms with van der Waals surface area (Å²) < 4.78 is 5.74. The molecule has 33 heavy (non-hydrogen) atoms. The van der Waals surface area contributed by atoms with E-state index in [1.807, 2.05) is 87.5 Å². The number of nitrogens with zero attached hydrogens (tertiary/aromatic N) is 2. The Labute approximate surface area is 193 Å². The number of anilines is 3. The van der Waals surface area contributed by atoms with Crippen molar-refractivity contribution in [3.8, 4) is 17.0 Å². The van der Waals surface area contributed by atoms with E-state index in [1.165, 1.54) is 6.33 Å². The highest BCUT2D eigenvalue weighted by Crippen LogP contribution is 2.24. The Morgan fingerprint density at radius 3 is 2.36 bits per heavy atom. The van der Waals surface area contributed by atoms with Crippen LogP contribution in [0.2, 0.25) is 0 Å². The fourth-order valence-corrected chi connectivity index (χ4v) is 3.47. The summed E-state index contributed by atoms with van der Waals surface area (Å²) in [6, 6.07) is 23.3. The molecule has 0 aliphatic rings. The van der Waals surface area contributed by atoms with Gasteiger partial charge in [0.2, 0.25) is 0 Å². The van der Waals surface area contributed by atoms with Crippen LogP contribution in [0.25, 0.3) is 11.3 Å². The molecule has 0 atom stereocenters. The first-order chi connectivity index (χ1) is 16.0. The first-order valence-corrected chi connectivity index (χ1v) is 10.7. The molecule has 4 rings (SSSR count). The number of aryl methyl sites for hydroxylation is 2. The Hall–Kier alpha value is -4.19. The molecule has 1 amide bonds. The quantitative estimate of drug-likeness (QED) is 0.380. The van der Waals surface area contributed by atoms with Gasteiger partial charge in [0.05, 0.1) is 5.69 Å². The van der Waals surface area contributed by atoms with Crippen molar-refractivity contribution < 1.29 is 9.53 Å². The number of carbonyl (C=O) groups is 1. The molecule has 0 unspecified atom stereocenters. The van der Waals surface area contributed by atoms with Crippen LogP contribution in [0, 0.1) is 20.8 Å². The molecule has 0 aliphatic carbocycles. The summed E-state index contributed by atoms with van der Waals surface area (Å²) in [4.78, 5) is 21.0. The van der Waals surface area contributed by atoms with Gasteiger partial charge < -0.3 is 15.4 Å². The van der Waals surface area contributed by atoms with Crippen LogP contribution in [0.5, 0.6) is 5.75 Å². The number of hydrogen-bond acceptors (Lipinski definition) is 5. The summed E-state index contributed by atoms with van der Waals surface area (Å²) in [7, 11) is 0. The summed E-state index contributed by atoms with van der Waals surface area (Å²) in [6.45, 7) is 5.99. The average molecular weight is 439 g/mol. The summed E-state index contributed by atoms with van der Waals surface area (Å²) in [5, 5.41) is 6.13. The van der Waals surface area contributed by atoms with Gasteiger partial charge in [-0.1, -0.05) is 36.4 Å². The van der Waals surface area contributed by atoms with Crippen LogP contribution in [-0.2, 0) is 4.79 Å². The molecule has 166 valence electrons. The van der Waals surface area contributed by atoms with Crippen molar-refractivity contribution in [2.45, 2.75) is 20.8 Å². The van der Waals surface area contributed by atoms with Crippen molar-refractivity contribution in [3.63, 3.8) is 0 Å². The second kappa shape index (κ2) is 9.96. The predicted octanol–water partition coefficient (Wildman–Crippen LogP) is 5.83. The monoisotopic (exact) mass is 438 g/mol. The lowest BCUT2D eigenvalue weighted by Gasteiger charge is -2.13. The Balaban J connectivity index is 1.35. The fraction of sp³-hybridized carbons (Fsp3) is 0.148. The van der Waals surface area contributed by atoms with Gasteiger partial charge in [0.15, 0.2) is 6.61 Å². The van der Waals surface area contributed by atoms with E-state index in [0.717, 1.165) is 39.4 Å². The standard InChI is InChI=1S/C27H26N4O2/c1-18-13-19(2)20(3)25(14-18)33-16-27(32)31-23-11-9-22(10-12-23)30-26-15-24(28-17-29-26)21-7-5-4-6-8-21/h4-15,17H,16H2,1-3H3,(H,31,32)(H,28,29,30). The lowest BCUT2D eigenvalue weighted by atomic mass is 10.1. The van der Waals surface area contributed by atoms with Crippen molar-refractivity contribution in [3.05, 3.63) is 95.8 Å². The minimum Gasteiger partial charge on any atom is -0.483 e. The number of nitrogens with one attached hydrogen (secondary N) is 2. The van der Waals surface area contributed by atoms with Crippen molar-refractivity contribution in [2.24, 2.45) is 0 Å². The van der Waals surface area contributed by atoms with E-state index in [0.29, 0.717) is 11.5 Å². The van der Waals surface area contributed by atoms with Gasteiger partial charge in [0.25, 0.3) is 5.91 Å². The molecule has 0 radical (unpaired) electrons. The number of benzene rings is 3. The van der Waals surface area contributed by atoms with Crippen molar-refractivity contribution in [2.75, 3.05) is 17.2 Å². The van der Waals surface area contributed by atoms with E-state index >= 15 is 0 Å². The molecule has 0 fully saturated rings. The molecular weight excluding hydrogens is 412 g/mol. The predicted molar refractivity (Wildman–Crippen MR) is 132 cm³/mol. The number of hydrogen-bond donors (Lipinski definition) is 2. The van der Waals surface area contributed by atoms with Crippen LogP contribution in [0.3, 0.4) is 0 Å². The third-order valence-electron chi connectivity index (χ3n) is 5.30. The molecule has 2 N–H and O–H groups in total. The van der Waals surface area contributed by atoms with E-state index in [4.69, 9.17) is 4.74 Å². The second-order valence-corrected chi connectivity index (χ2v) is 7.90. The normalized spacial score (nSPS) is 10.5. The van der Waals surface area contributed by atoms with E-state index in [2.05, 4.69) is 26.7 Å². The zero-order chi connectivity index (χ0) is 23.2. The average Bonchev–Trinajstić information content (AvgIpc) is 2.82. The van der Waals surface area contributed by atoms with Gasteiger partial charge in [-0.2, -0.15) is 0 Å². The highest BCUT2D eigenvalue weighted by atomic mass is 16.5. The number of carbonyl (C=O) groups excluding carboxylic acids is 1. The van der Waals surface area contributed by atoms with Crippen LogP contribution in [0.1, 0.15) is 16.7 Å². The van der Waals surface area contributed by atoms with E-state index in [-0.39, 0.29) is 12.5 Å². The van der Waals surface area contributed by atoms with E-state index in [9.17, 15) is 4.79 Å². The molecule has 1 heterocycles. The lowest BCUT2D eigenvalue weighted by Crippen LogP contribution is -2.20. The van der Waals surface area contributed by atoms with Crippen molar-refractivity contribution >= 4 is 23.1 Å². The molecular formula is C27H26N4O2. The van der Waals surface area contributed by atoms with Crippen LogP contribution in [0.15, 0.2) is 79.1 Å². The third-order valence-corrected chi connectivity index (χ3v) is 5.30. The first kappa shape index (κ1) is 22.0. The zero-order valence-electron chi connectivity index (χ0n) is 18.9. The van der Waals surface area contributed by atoms with Gasteiger partial charge in [-0.3, -0.25) is 4.79 Å². The van der Waals surface area contributed by atoms with Crippen molar-refractivity contribution in [1.29, 1.82) is 0 Å². The topological polar surface area (TPSA) is 76.1 Å². The molecule has 3 aromatic carbocycles. The fourth-order valence-electron chi connectivity index (χ4n) is 3.47. The van der Waals surface area contributed by atoms with Gasteiger partial charge >= 0.3 is 0 Å². The molecule has 0 aliphatic heterocycles. The molecule has 0 saturated carbocycles. The van der Waals surface area contributed by atoms with Gasteiger partial charge in [-0.15, -0.1) is 0 Å². The molecule has 6 heteroatoms. The molecule has 6 nitrogen and oxygen atoms in total. The second-order valence-electron chi connectivity index (χ2n) is 7.90. The van der Waals surface area contributed by atoms with Gasteiger partial charge in [-0.25, -0.2) is 9.97 Å². The van der Waals surface area contributed by atoms with E-state index in [1.54, 1.807) is 0 Å². The Morgan fingerprint density at radius 2 is 1.61 bits per heavy atom.